The predicted molar refractivity (Wildman–Crippen MR) is 116 cm³/mol. The second-order valence-corrected chi connectivity index (χ2v) is 7.86. The fraction of sp³-hybridized carbons (Fsp3) is 0.167. The molecule has 0 radical (unpaired) electrons. The molecule has 0 aliphatic carbocycles. The fourth-order valence-corrected chi connectivity index (χ4v) is 2.81. The summed E-state index contributed by atoms with van der Waals surface area (Å²) < 4.78 is 0. The molecule has 3 rings (SSSR count). The molecule has 0 atom stereocenters. The van der Waals surface area contributed by atoms with E-state index in [9.17, 15) is 9.59 Å². The fourth-order valence-electron chi connectivity index (χ4n) is 2.81. The summed E-state index contributed by atoms with van der Waals surface area (Å²) in [5.74, 6) is -0.796. The van der Waals surface area contributed by atoms with Crippen molar-refractivity contribution in [3.8, 4) is 6.07 Å². The molecule has 2 aromatic carbocycles. The lowest BCUT2D eigenvalue weighted by molar-refractivity contribution is 0.102. The van der Waals surface area contributed by atoms with Gasteiger partial charge in [-0.05, 0) is 53.4 Å². The molecule has 0 fully saturated rings. The molecule has 6 nitrogen and oxygen atoms in total. The van der Waals surface area contributed by atoms with Gasteiger partial charge in [-0.3, -0.25) is 14.6 Å². The van der Waals surface area contributed by atoms with E-state index in [1.807, 2.05) is 30.3 Å². The number of rotatable bonds is 4. The van der Waals surface area contributed by atoms with Gasteiger partial charge in [0.1, 0.15) is 5.69 Å². The number of carbonyl (C=O) groups is 2. The second-order valence-electron chi connectivity index (χ2n) is 7.86. The van der Waals surface area contributed by atoms with Crippen molar-refractivity contribution in [2.24, 2.45) is 0 Å². The molecule has 1 heterocycles. The van der Waals surface area contributed by atoms with Crippen molar-refractivity contribution in [3.63, 3.8) is 0 Å². The van der Waals surface area contributed by atoms with Crippen LogP contribution in [0.2, 0.25) is 0 Å². The number of hydrogen-bond acceptors (Lipinski definition) is 4. The third-order valence-corrected chi connectivity index (χ3v) is 4.51. The van der Waals surface area contributed by atoms with E-state index in [1.54, 1.807) is 30.3 Å². The lowest BCUT2D eigenvalue weighted by atomic mass is 9.87. The lowest BCUT2D eigenvalue weighted by Gasteiger charge is -2.19. The van der Waals surface area contributed by atoms with E-state index in [-0.39, 0.29) is 17.0 Å². The molecule has 0 saturated carbocycles. The highest BCUT2D eigenvalue weighted by molar-refractivity contribution is 6.07. The first-order valence-electron chi connectivity index (χ1n) is 9.46. The number of benzene rings is 2. The number of amides is 2. The summed E-state index contributed by atoms with van der Waals surface area (Å²) >= 11 is 0. The number of nitriles is 1. The van der Waals surface area contributed by atoms with E-state index in [0.29, 0.717) is 22.5 Å². The van der Waals surface area contributed by atoms with Crippen LogP contribution in [-0.4, -0.2) is 16.8 Å². The number of aromatic nitrogens is 1. The topological polar surface area (TPSA) is 94.9 Å². The summed E-state index contributed by atoms with van der Waals surface area (Å²) in [7, 11) is 0. The number of nitrogens with zero attached hydrogens (tertiary/aromatic N) is 2. The number of pyridine rings is 1. The lowest BCUT2D eigenvalue weighted by Crippen LogP contribution is -2.17. The van der Waals surface area contributed by atoms with Crippen LogP contribution in [0.5, 0.6) is 0 Å². The van der Waals surface area contributed by atoms with Crippen molar-refractivity contribution in [2.75, 3.05) is 10.6 Å². The summed E-state index contributed by atoms with van der Waals surface area (Å²) in [5, 5.41) is 14.5. The highest BCUT2D eigenvalue weighted by Gasteiger charge is 2.15. The van der Waals surface area contributed by atoms with Crippen molar-refractivity contribution >= 4 is 23.2 Å². The summed E-state index contributed by atoms with van der Waals surface area (Å²) in [5.41, 5.74) is 3.21. The van der Waals surface area contributed by atoms with Gasteiger partial charge in [-0.1, -0.05) is 39.0 Å². The highest BCUT2D eigenvalue weighted by Crippen LogP contribution is 2.23. The van der Waals surface area contributed by atoms with Crippen LogP contribution in [0.3, 0.4) is 0 Å². The van der Waals surface area contributed by atoms with Gasteiger partial charge in [0.25, 0.3) is 11.8 Å². The molecule has 1 aromatic heterocycles. The molecule has 30 heavy (non-hydrogen) atoms. The molecule has 150 valence electrons. The van der Waals surface area contributed by atoms with Gasteiger partial charge in [0.15, 0.2) is 0 Å². The Morgan fingerprint density at radius 3 is 2.27 bits per heavy atom. The van der Waals surface area contributed by atoms with E-state index in [4.69, 9.17) is 5.26 Å². The Kier molecular flexibility index (Phi) is 5.93. The summed E-state index contributed by atoms with van der Waals surface area (Å²) in [6.07, 6.45) is 1.41. The largest absolute Gasteiger partial charge is 0.322 e. The molecular formula is C24H22N4O2. The van der Waals surface area contributed by atoms with E-state index in [2.05, 4.69) is 36.4 Å². The highest BCUT2D eigenvalue weighted by atomic mass is 16.2. The number of nitrogens with one attached hydrogen (secondary N) is 2. The molecule has 0 aliphatic rings. The van der Waals surface area contributed by atoms with Crippen LogP contribution in [0.4, 0.5) is 11.4 Å². The molecule has 0 bridgehead atoms. The maximum Gasteiger partial charge on any atom is 0.274 e. The summed E-state index contributed by atoms with van der Waals surface area (Å²) in [4.78, 5) is 29.1. The van der Waals surface area contributed by atoms with Crippen LogP contribution in [0, 0.1) is 11.3 Å². The van der Waals surface area contributed by atoms with Gasteiger partial charge in [-0.15, -0.1) is 0 Å². The molecule has 2 N–H and O–H groups in total. The van der Waals surface area contributed by atoms with Gasteiger partial charge in [-0.25, -0.2) is 0 Å². The Morgan fingerprint density at radius 2 is 1.60 bits per heavy atom. The Hall–Kier alpha value is -3.98. The third kappa shape index (κ3) is 5.09. The van der Waals surface area contributed by atoms with Crippen molar-refractivity contribution in [3.05, 3.63) is 89.2 Å². The molecular weight excluding hydrogens is 376 g/mol. The normalized spacial score (nSPS) is 10.7. The summed E-state index contributed by atoms with van der Waals surface area (Å²) in [6, 6.07) is 19.2. The van der Waals surface area contributed by atoms with Crippen molar-refractivity contribution in [1.82, 2.24) is 4.98 Å². The van der Waals surface area contributed by atoms with Crippen LogP contribution in [0.25, 0.3) is 0 Å². The minimum atomic E-state index is -0.464. The van der Waals surface area contributed by atoms with Gasteiger partial charge in [0.05, 0.1) is 11.6 Å². The Balaban J connectivity index is 1.72. The summed E-state index contributed by atoms with van der Waals surface area (Å²) in [6.45, 7) is 6.38. The average Bonchev–Trinajstić information content (AvgIpc) is 2.73. The first kappa shape index (κ1) is 20.7. The van der Waals surface area contributed by atoms with Crippen LogP contribution >= 0.6 is 0 Å². The molecule has 0 aliphatic heterocycles. The van der Waals surface area contributed by atoms with E-state index < -0.39 is 5.91 Å². The first-order chi connectivity index (χ1) is 14.3. The minimum absolute atomic E-state index is 0.0304. The van der Waals surface area contributed by atoms with Gasteiger partial charge in [0, 0.05) is 23.1 Å². The Bertz CT molecular complexity index is 1120. The third-order valence-electron chi connectivity index (χ3n) is 4.51. The quantitative estimate of drug-likeness (QED) is 0.663. The molecule has 6 heteroatoms. The average molecular weight is 398 g/mol. The van der Waals surface area contributed by atoms with Crippen molar-refractivity contribution in [1.29, 1.82) is 5.26 Å². The maximum absolute atomic E-state index is 12.6. The molecule has 0 spiro atoms. The smallest absolute Gasteiger partial charge is 0.274 e. The standard InChI is InChI=1S/C24H22N4O2/c1-24(2,3)18-7-9-19(10-8-18)27-22(29)17-11-12-26-21(14-17)23(30)28-20-6-4-5-16(13-20)15-25/h4-14H,1-3H3,(H,27,29)(H,28,30). The minimum Gasteiger partial charge on any atom is -0.322 e. The van der Waals surface area contributed by atoms with Gasteiger partial charge in [0.2, 0.25) is 0 Å². The zero-order valence-corrected chi connectivity index (χ0v) is 17.1. The Morgan fingerprint density at radius 1 is 0.900 bits per heavy atom. The van der Waals surface area contributed by atoms with Crippen LogP contribution in [0.15, 0.2) is 66.9 Å². The van der Waals surface area contributed by atoms with Crippen molar-refractivity contribution < 1.29 is 9.59 Å². The second kappa shape index (κ2) is 8.58. The monoisotopic (exact) mass is 398 g/mol. The van der Waals surface area contributed by atoms with E-state index in [1.165, 1.54) is 17.8 Å². The molecule has 0 saturated heterocycles. The predicted octanol–water partition coefficient (Wildman–Crippen LogP) is 4.76. The maximum atomic E-state index is 12.6. The van der Waals surface area contributed by atoms with Gasteiger partial charge >= 0.3 is 0 Å². The van der Waals surface area contributed by atoms with Gasteiger partial charge < -0.3 is 10.6 Å². The zero-order chi connectivity index (χ0) is 21.7. The number of hydrogen-bond donors (Lipinski definition) is 2. The molecule has 3 aromatic rings. The van der Waals surface area contributed by atoms with E-state index >= 15 is 0 Å². The zero-order valence-electron chi connectivity index (χ0n) is 17.1. The Labute approximate surface area is 175 Å². The van der Waals surface area contributed by atoms with Crippen LogP contribution in [-0.2, 0) is 5.41 Å². The van der Waals surface area contributed by atoms with Gasteiger partial charge in [-0.2, -0.15) is 5.26 Å². The van der Waals surface area contributed by atoms with Crippen molar-refractivity contribution in [2.45, 2.75) is 26.2 Å². The molecule has 2 amide bonds. The van der Waals surface area contributed by atoms with Crippen LogP contribution in [0.1, 0.15) is 52.7 Å². The number of carbonyl (C=O) groups excluding carboxylic acids is 2. The van der Waals surface area contributed by atoms with Crippen LogP contribution < -0.4 is 10.6 Å². The first-order valence-corrected chi connectivity index (χ1v) is 9.46. The van der Waals surface area contributed by atoms with E-state index in [0.717, 1.165) is 0 Å². The SMILES string of the molecule is CC(C)(C)c1ccc(NC(=O)c2ccnc(C(=O)Nc3cccc(C#N)c3)c2)cc1. The number of anilines is 2. The molecule has 0 unspecified atom stereocenters.